The Balaban J connectivity index is 2.09. The van der Waals surface area contributed by atoms with Gasteiger partial charge in [0.25, 0.3) is 0 Å². The normalized spacial score (nSPS) is 14.2. The number of nitrogens with zero attached hydrogens (tertiary/aromatic N) is 1. The summed E-state index contributed by atoms with van der Waals surface area (Å²) < 4.78 is 5.31. The van der Waals surface area contributed by atoms with Crippen molar-refractivity contribution in [3.8, 4) is 0 Å². The van der Waals surface area contributed by atoms with E-state index in [1.165, 1.54) is 22.3 Å². The second kappa shape index (κ2) is 8.21. The molecule has 0 saturated heterocycles. The first-order valence-corrected chi connectivity index (χ1v) is 8.68. The summed E-state index contributed by atoms with van der Waals surface area (Å²) in [7, 11) is 0. The van der Waals surface area contributed by atoms with Gasteiger partial charge in [-0.1, -0.05) is 17.7 Å². The quantitative estimate of drug-likeness (QED) is 0.557. The lowest BCUT2D eigenvalue weighted by atomic mass is 10.00. The molecule has 5 nitrogen and oxygen atoms in total. The molecule has 0 spiro atoms. The molecule has 3 N–H and O–H groups in total. The average molecular weight is 343 g/mol. The smallest absolute Gasteiger partial charge is 0.191 e. The third kappa shape index (κ3) is 5.10. The van der Waals surface area contributed by atoms with Gasteiger partial charge in [0.15, 0.2) is 5.96 Å². The lowest BCUT2D eigenvalue weighted by Gasteiger charge is -2.22. The van der Waals surface area contributed by atoms with Gasteiger partial charge in [0, 0.05) is 6.54 Å². The number of benzene rings is 1. The van der Waals surface area contributed by atoms with Crippen LogP contribution in [0.15, 0.2) is 39.9 Å². The molecule has 5 heteroatoms. The fourth-order valence-corrected chi connectivity index (χ4v) is 2.89. The Hall–Kier alpha value is -2.27. The number of hydrogen-bond acceptors (Lipinski definition) is 3. The third-order valence-electron chi connectivity index (χ3n) is 4.23. The maximum absolute atomic E-state index is 10.6. The maximum Gasteiger partial charge on any atom is 0.191 e. The highest BCUT2D eigenvalue weighted by molar-refractivity contribution is 5.79. The van der Waals surface area contributed by atoms with Gasteiger partial charge in [-0.05, 0) is 63.4 Å². The summed E-state index contributed by atoms with van der Waals surface area (Å²) in [6.45, 7) is 11.7. The fourth-order valence-electron chi connectivity index (χ4n) is 2.89. The lowest BCUT2D eigenvalue weighted by molar-refractivity contribution is 0.0386. The molecule has 1 unspecified atom stereocenters. The zero-order chi connectivity index (χ0) is 18.4. The molecule has 136 valence electrons. The van der Waals surface area contributed by atoms with Crippen molar-refractivity contribution >= 4 is 5.96 Å². The van der Waals surface area contributed by atoms with Crippen molar-refractivity contribution in [1.29, 1.82) is 0 Å². The van der Waals surface area contributed by atoms with Crippen molar-refractivity contribution in [2.24, 2.45) is 4.99 Å². The fraction of sp³-hybridized carbons (Fsp3) is 0.450. The first-order valence-electron chi connectivity index (χ1n) is 8.68. The van der Waals surface area contributed by atoms with E-state index in [-0.39, 0.29) is 0 Å². The van der Waals surface area contributed by atoms with E-state index in [4.69, 9.17) is 4.42 Å². The van der Waals surface area contributed by atoms with Crippen molar-refractivity contribution < 1.29 is 9.52 Å². The molecule has 25 heavy (non-hydrogen) atoms. The Morgan fingerprint density at radius 2 is 1.88 bits per heavy atom. The average Bonchev–Trinajstić information content (AvgIpc) is 3.06. The Morgan fingerprint density at radius 3 is 2.44 bits per heavy atom. The number of aliphatic imine (C=N–C) groups is 1. The van der Waals surface area contributed by atoms with Crippen LogP contribution in [0.2, 0.25) is 0 Å². The van der Waals surface area contributed by atoms with Crippen molar-refractivity contribution in [3.05, 3.63) is 58.5 Å². The Morgan fingerprint density at radius 1 is 1.20 bits per heavy atom. The molecule has 2 rings (SSSR count). The number of furan rings is 1. The van der Waals surface area contributed by atoms with Gasteiger partial charge in [0.2, 0.25) is 0 Å². The van der Waals surface area contributed by atoms with Crippen LogP contribution in [-0.4, -0.2) is 24.2 Å². The number of aryl methyl sites for hydroxylation is 3. The van der Waals surface area contributed by atoms with Crippen LogP contribution >= 0.6 is 0 Å². The van der Waals surface area contributed by atoms with Crippen LogP contribution < -0.4 is 10.6 Å². The van der Waals surface area contributed by atoms with Gasteiger partial charge in [0.1, 0.15) is 11.4 Å². The molecule has 0 amide bonds. The molecule has 0 bridgehead atoms. The zero-order valence-electron chi connectivity index (χ0n) is 15.8. The van der Waals surface area contributed by atoms with E-state index in [1.54, 1.807) is 25.3 Å². The third-order valence-corrected chi connectivity index (χ3v) is 4.23. The van der Waals surface area contributed by atoms with Crippen molar-refractivity contribution in [2.45, 2.75) is 46.8 Å². The molecule has 1 heterocycles. The zero-order valence-corrected chi connectivity index (χ0v) is 15.8. The van der Waals surface area contributed by atoms with Gasteiger partial charge in [-0.3, -0.25) is 0 Å². The molecule has 1 aromatic heterocycles. The summed E-state index contributed by atoms with van der Waals surface area (Å²) >= 11 is 0. The van der Waals surface area contributed by atoms with Crippen molar-refractivity contribution in [3.63, 3.8) is 0 Å². The van der Waals surface area contributed by atoms with E-state index < -0.39 is 5.60 Å². The van der Waals surface area contributed by atoms with E-state index in [0.717, 1.165) is 6.54 Å². The minimum Gasteiger partial charge on any atom is -0.466 e. The molecular formula is C20H29N3O2. The van der Waals surface area contributed by atoms with E-state index in [9.17, 15) is 5.11 Å². The van der Waals surface area contributed by atoms with Gasteiger partial charge < -0.3 is 20.2 Å². The summed E-state index contributed by atoms with van der Waals surface area (Å²) in [5, 5.41) is 17.0. The van der Waals surface area contributed by atoms with Gasteiger partial charge in [-0.15, -0.1) is 0 Å². The molecular weight excluding hydrogens is 314 g/mol. The highest BCUT2D eigenvalue weighted by Gasteiger charge is 2.26. The summed E-state index contributed by atoms with van der Waals surface area (Å²) in [5.41, 5.74) is 3.90. The van der Waals surface area contributed by atoms with Crippen LogP contribution in [0, 0.1) is 20.8 Å². The number of hydrogen-bond donors (Lipinski definition) is 3. The standard InChI is InChI=1S/C20H29N3O2/c1-6-21-19(23-13-20(5,24)18-8-7-9-25-18)22-12-17-15(3)10-14(2)11-16(17)4/h7-11,24H,6,12-13H2,1-5H3,(H2,21,22,23). The van der Waals surface area contributed by atoms with Gasteiger partial charge in [-0.25, -0.2) is 4.99 Å². The van der Waals surface area contributed by atoms with Crippen LogP contribution in [-0.2, 0) is 12.1 Å². The van der Waals surface area contributed by atoms with Crippen LogP contribution in [0.3, 0.4) is 0 Å². The summed E-state index contributed by atoms with van der Waals surface area (Å²) in [4.78, 5) is 4.67. The van der Waals surface area contributed by atoms with E-state index in [2.05, 4.69) is 48.5 Å². The highest BCUT2D eigenvalue weighted by Crippen LogP contribution is 2.20. The molecule has 0 saturated carbocycles. The van der Waals surface area contributed by atoms with Gasteiger partial charge >= 0.3 is 0 Å². The predicted octanol–water partition coefficient (Wildman–Crippen LogP) is 3.17. The molecule has 1 atom stereocenters. The van der Waals surface area contributed by atoms with Crippen molar-refractivity contribution in [2.75, 3.05) is 13.1 Å². The van der Waals surface area contributed by atoms with Gasteiger partial charge in [0.05, 0.1) is 19.4 Å². The largest absolute Gasteiger partial charge is 0.466 e. The summed E-state index contributed by atoms with van der Waals surface area (Å²) in [5.74, 6) is 1.20. The molecule has 1 aromatic carbocycles. The van der Waals surface area contributed by atoms with Gasteiger partial charge in [-0.2, -0.15) is 0 Å². The minimum atomic E-state index is -1.10. The number of nitrogens with one attached hydrogen (secondary N) is 2. The molecule has 0 aliphatic carbocycles. The molecule has 0 aliphatic heterocycles. The number of aliphatic hydroxyl groups is 1. The SMILES string of the molecule is CCNC(=NCc1c(C)cc(C)cc1C)NCC(C)(O)c1ccco1. The number of guanidine groups is 1. The highest BCUT2D eigenvalue weighted by atomic mass is 16.4. The first kappa shape index (κ1) is 19.1. The van der Waals surface area contributed by atoms with E-state index in [1.807, 2.05) is 6.92 Å². The molecule has 0 aliphatic rings. The summed E-state index contributed by atoms with van der Waals surface area (Å²) in [6, 6.07) is 7.90. The predicted molar refractivity (Wildman–Crippen MR) is 102 cm³/mol. The Kier molecular flexibility index (Phi) is 6.26. The first-order chi connectivity index (χ1) is 11.8. The van der Waals surface area contributed by atoms with E-state index >= 15 is 0 Å². The number of rotatable bonds is 6. The molecule has 0 radical (unpaired) electrons. The van der Waals surface area contributed by atoms with Crippen LogP contribution in [0.1, 0.15) is 41.9 Å². The van der Waals surface area contributed by atoms with Crippen LogP contribution in [0.25, 0.3) is 0 Å². The minimum absolute atomic E-state index is 0.304. The topological polar surface area (TPSA) is 69.8 Å². The Bertz CT molecular complexity index is 696. The van der Waals surface area contributed by atoms with Crippen molar-refractivity contribution in [1.82, 2.24) is 10.6 Å². The van der Waals surface area contributed by atoms with Crippen LogP contribution in [0.4, 0.5) is 0 Å². The molecule has 0 fully saturated rings. The maximum atomic E-state index is 10.6. The second-order valence-corrected chi connectivity index (χ2v) is 6.68. The second-order valence-electron chi connectivity index (χ2n) is 6.68. The summed E-state index contributed by atoms with van der Waals surface area (Å²) in [6.07, 6.45) is 1.56. The lowest BCUT2D eigenvalue weighted by Crippen LogP contribution is -2.44. The monoisotopic (exact) mass is 343 g/mol. The Labute approximate surface area is 150 Å². The van der Waals surface area contributed by atoms with Crippen LogP contribution in [0.5, 0.6) is 0 Å². The van der Waals surface area contributed by atoms with E-state index in [0.29, 0.717) is 24.8 Å². The molecule has 2 aromatic rings.